The van der Waals surface area contributed by atoms with Gasteiger partial charge in [0.15, 0.2) is 0 Å². The van der Waals surface area contributed by atoms with Crippen molar-refractivity contribution in [1.82, 2.24) is 10.3 Å². The van der Waals surface area contributed by atoms with Gasteiger partial charge in [-0.3, -0.25) is 0 Å². The molecule has 0 radical (unpaired) electrons. The molecule has 4 nitrogen and oxygen atoms in total. The van der Waals surface area contributed by atoms with Crippen LogP contribution in [0.5, 0.6) is 5.75 Å². The Morgan fingerprint density at radius 3 is 2.65 bits per heavy atom. The fourth-order valence-corrected chi connectivity index (χ4v) is 1.60. The Morgan fingerprint density at radius 2 is 2.18 bits per heavy atom. The largest absolute Gasteiger partial charge is 0.495 e. The highest BCUT2D eigenvalue weighted by molar-refractivity contribution is 5.40. The standard InChI is InChI=1S/C13H23N3O/c1-5-16(9-8-14-11(2)3)13-7-6-12(17-4)10-15-13/h6-7,10-11,14H,5,8-9H2,1-4H3. The Kier molecular flexibility index (Phi) is 5.77. The van der Waals surface area contributed by atoms with Crippen molar-refractivity contribution in [3.63, 3.8) is 0 Å². The van der Waals surface area contributed by atoms with Crippen molar-refractivity contribution in [1.29, 1.82) is 0 Å². The molecule has 96 valence electrons. The summed E-state index contributed by atoms with van der Waals surface area (Å²) >= 11 is 0. The van der Waals surface area contributed by atoms with Crippen LogP contribution in [0.15, 0.2) is 18.3 Å². The lowest BCUT2D eigenvalue weighted by molar-refractivity contribution is 0.413. The summed E-state index contributed by atoms with van der Waals surface area (Å²) in [5.41, 5.74) is 0. The molecule has 0 saturated heterocycles. The fourth-order valence-electron chi connectivity index (χ4n) is 1.60. The van der Waals surface area contributed by atoms with Gasteiger partial charge in [-0.05, 0) is 19.1 Å². The van der Waals surface area contributed by atoms with Gasteiger partial charge in [0.05, 0.1) is 13.3 Å². The fraction of sp³-hybridized carbons (Fsp3) is 0.615. The second-order valence-corrected chi connectivity index (χ2v) is 4.24. The monoisotopic (exact) mass is 237 g/mol. The van der Waals surface area contributed by atoms with Crippen LogP contribution >= 0.6 is 0 Å². The smallest absolute Gasteiger partial charge is 0.137 e. The van der Waals surface area contributed by atoms with Crippen LogP contribution in [0.25, 0.3) is 0 Å². The minimum absolute atomic E-state index is 0.525. The number of hydrogen-bond acceptors (Lipinski definition) is 4. The lowest BCUT2D eigenvalue weighted by Crippen LogP contribution is -2.35. The van der Waals surface area contributed by atoms with E-state index in [0.717, 1.165) is 31.2 Å². The van der Waals surface area contributed by atoms with Gasteiger partial charge in [-0.2, -0.15) is 0 Å². The van der Waals surface area contributed by atoms with Gasteiger partial charge in [-0.15, -0.1) is 0 Å². The molecule has 0 unspecified atom stereocenters. The van der Waals surface area contributed by atoms with Crippen LogP contribution in [0.2, 0.25) is 0 Å². The molecular formula is C13H23N3O. The molecule has 1 aromatic rings. The maximum atomic E-state index is 5.10. The van der Waals surface area contributed by atoms with Gasteiger partial charge >= 0.3 is 0 Å². The van der Waals surface area contributed by atoms with E-state index < -0.39 is 0 Å². The van der Waals surface area contributed by atoms with Gasteiger partial charge < -0.3 is 15.0 Å². The molecule has 1 N–H and O–H groups in total. The molecule has 0 amide bonds. The SMILES string of the molecule is CCN(CCNC(C)C)c1ccc(OC)cn1. The first kappa shape index (κ1) is 13.8. The third-order valence-electron chi connectivity index (χ3n) is 2.60. The zero-order valence-corrected chi connectivity index (χ0v) is 11.2. The summed E-state index contributed by atoms with van der Waals surface area (Å²) < 4.78 is 5.10. The normalized spacial score (nSPS) is 10.6. The molecule has 0 aliphatic carbocycles. The van der Waals surface area contributed by atoms with Gasteiger partial charge in [0.25, 0.3) is 0 Å². The second-order valence-electron chi connectivity index (χ2n) is 4.24. The molecule has 0 aliphatic rings. The van der Waals surface area contributed by atoms with Crippen molar-refractivity contribution in [3.05, 3.63) is 18.3 Å². The van der Waals surface area contributed by atoms with Crippen LogP contribution < -0.4 is 15.0 Å². The van der Waals surface area contributed by atoms with Crippen molar-refractivity contribution >= 4 is 5.82 Å². The average molecular weight is 237 g/mol. The summed E-state index contributed by atoms with van der Waals surface area (Å²) in [5, 5.41) is 3.41. The summed E-state index contributed by atoms with van der Waals surface area (Å²) in [6.07, 6.45) is 1.76. The molecule has 0 aromatic carbocycles. The van der Waals surface area contributed by atoms with Crippen LogP contribution in [-0.4, -0.2) is 37.8 Å². The number of likely N-dealkylation sites (N-methyl/N-ethyl adjacent to an activating group) is 1. The third-order valence-corrected chi connectivity index (χ3v) is 2.60. The molecule has 4 heteroatoms. The van der Waals surface area contributed by atoms with Crippen molar-refractivity contribution in [2.75, 3.05) is 31.6 Å². The van der Waals surface area contributed by atoms with Crippen molar-refractivity contribution in [2.45, 2.75) is 26.8 Å². The van der Waals surface area contributed by atoms with Crippen LogP contribution in [0.4, 0.5) is 5.82 Å². The van der Waals surface area contributed by atoms with Crippen molar-refractivity contribution < 1.29 is 4.74 Å². The number of rotatable bonds is 7. The summed E-state index contributed by atoms with van der Waals surface area (Å²) in [5.74, 6) is 1.80. The Bertz CT molecular complexity index is 311. The van der Waals surface area contributed by atoms with E-state index in [1.54, 1.807) is 13.3 Å². The van der Waals surface area contributed by atoms with Gasteiger partial charge in [0.2, 0.25) is 0 Å². The summed E-state index contributed by atoms with van der Waals surface area (Å²) in [6, 6.07) is 4.47. The van der Waals surface area contributed by atoms with Gasteiger partial charge in [0, 0.05) is 25.7 Å². The quantitative estimate of drug-likeness (QED) is 0.786. The van der Waals surface area contributed by atoms with E-state index in [1.165, 1.54) is 0 Å². The van der Waals surface area contributed by atoms with E-state index in [0.29, 0.717) is 6.04 Å². The predicted octanol–water partition coefficient (Wildman–Crippen LogP) is 1.91. The molecule has 17 heavy (non-hydrogen) atoms. The first-order valence-electron chi connectivity index (χ1n) is 6.15. The third kappa shape index (κ3) is 4.61. The Hall–Kier alpha value is -1.29. The maximum absolute atomic E-state index is 5.10. The summed E-state index contributed by atoms with van der Waals surface area (Å²) in [7, 11) is 1.65. The molecule has 0 saturated carbocycles. The van der Waals surface area contributed by atoms with E-state index in [9.17, 15) is 0 Å². The summed E-state index contributed by atoms with van der Waals surface area (Å²) in [4.78, 5) is 6.64. The maximum Gasteiger partial charge on any atom is 0.137 e. The molecule has 1 rings (SSSR count). The number of pyridine rings is 1. The van der Waals surface area contributed by atoms with Gasteiger partial charge in [0.1, 0.15) is 11.6 Å². The Balaban J connectivity index is 2.53. The number of aromatic nitrogens is 1. The molecule has 0 atom stereocenters. The molecule has 1 aromatic heterocycles. The van der Waals surface area contributed by atoms with Gasteiger partial charge in [-0.25, -0.2) is 4.98 Å². The topological polar surface area (TPSA) is 37.4 Å². The number of nitrogens with one attached hydrogen (secondary N) is 1. The number of ether oxygens (including phenoxy) is 1. The van der Waals surface area contributed by atoms with E-state index in [-0.39, 0.29) is 0 Å². The molecule has 1 heterocycles. The van der Waals surface area contributed by atoms with Gasteiger partial charge in [-0.1, -0.05) is 13.8 Å². The van der Waals surface area contributed by atoms with Crippen molar-refractivity contribution in [2.24, 2.45) is 0 Å². The van der Waals surface area contributed by atoms with Crippen LogP contribution in [0, 0.1) is 0 Å². The van der Waals surface area contributed by atoms with Crippen LogP contribution in [-0.2, 0) is 0 Å². The Labute approximate surface area is 104 Å². The zero-order valence-electron chi connectivity index (χ0n) is 11.2. The number of nitrogens with zero attached hydrogens (tertiary/aromatic N) is 2. The van der Waals surface area contributed by atoms with E-state index in [4.69, 9.17) is 4.74 Å². The number of anilines is 1. The lowest BCUT2D eigenvalue weighted by atomic mass is 10.3. The highest BCUT2D eigenvalue weighted by Crippen LogP contribution is 2.14. The number of hydrogen-bond donors (Lipinski definition) is 1. The molecular weight excluding hydrogens is 214 g/mol. The van der Waals surface area contributed by atoms with E-state index in [1.807, 2.05) is 12.1 Å². The lowest BCUT2D eigenvalue weighted by Gasteiger charge is -2.22. The molecule has 0 bridgehead atoms. The minimum Gasteiger partial charge on any atom is -0.495 e. The molecule has 0 fully saturated rings. The predicted molar refractivity (Wildman–Crippen MR) is 71.8 cm³/mol. The Morgan fingerprint density at radius 1 is 1.41 bits per heavy atom. The first-order valence-corrected chi connectivity index (χ1v) is 6.15. The minimum atomic E-state index is 0.525. The average Bonchev–Trinajstić information content (AvgIpc) is 2.34. The highest BCUT2D eigenvalue weighted by atomic mass is 16.5. The first-order chi connectivity index (χ1) is 8.17. The zero-order chi connectivity index (χ0) is 12.7. The molecule has 0 aliphatic heterocycles. The second kappa shape index (κ2) is 7.12. The van der Waals surface area contributed by atoms with Crippen molar-refractivity contribution in [3.8, 4) is 5.75 Å². The van der Waals surface area contributed by atoms with Crippen LogP contribution in [0.1, 0.15) is 20.8 Å². The highest BCUT2D eigenvalue weighted by Gasteiger charge is 2.05. The summed E-state index contributed by atoms with van der Waals surface area (Å²) in [6.45, 7) is 9.34. The number of methoxy groups -OCH3 is 1. The van der Waals surface area contributed by atoms with E-state index in [2.05, 4.69) is 36.0 Å². The van der Waals surface area contributed by atoms with E-state index >= 15 is 0 Å². The van der Waals surface area contributed by atoms with Crippen LogP contribution in [0.3, 0.4) is 0 Å². The molecule has 0 spiro atoms.